The minimum atomic E-state index is -0.612. The average molecular weight is 772 g/mol. The number of fused-ring (bicyclic) bond motifs is 4. The van der Waals surface area contributed by atoms with Gasteiger partial charge in [-0.05, 0) is 76.6 Å². The molecule has 0 aliphatic rings. The van der Waals surface area contributed by atoms with Gasteiger partial charge in [0.05, 0.1) is 41.0 Å². The third-order valence-corrected chi connectivity index (χ3v) is 9.88. The van der Waals surface area contributed by atoms with E-state index in [1.165, 1.54) is 0 Å². The van der Waals surface area contributed by atoms with E-state index in [9.17, 15) is 19.5 Å². The number of nitrogens with two attached hydrogens (primary N) is 2. The van der Waals surface area contributed by atoms with E-state index in [0.717, 1.165) is 28.2 Å². The van der Waals surface area contributed by atoms with Crippen molar-refractivity contribution in [1.82, 2.24) is 43.6 Å². The molecule has 0 spiro atoms. The molecule has 0 saturated heterocycles. The monoisotopic (exact) mass is 771 g/mol. The summed E-state index contributed by atoms with van der Waals surface area (Å²) in [7, 11) is 0. The number of amides is 2. The fraction of sp³-hybridized carbons (Fsp3) is 0.317. The highest BCUT2D eigenvalue weighted by Crippen LogP contribution is 2.36. The predicted octanol–water partition coefficient (Wildman–Crippen LogP) is 4.60. The molecule has 0 aliphatic heterocycles. The zero-order chi connectivity index (χ0) is 40.5. The van der Waals surface area contributed by atoms with Crippen molar-refractivity contribution >= 4 is 50.6 Å². The molecular formula is C41H45N11O5. The summed E-state index contributed by atoms with van der Waals surface area (Å²) in [5, 5.41) is 19.9. The molecule has 0 atom stereocenters. The fourth-order valence-corrected chi connectivity index (χ4v) is 7.34. The third-order valence-electron chi connectivity index (χ3n) is 9.88. The molecule has 0 aliphatic carbocycles. The van der Waals surface area contributed by atoms with Gasteiger partial charge in [0.15, 0.2) is 11.6 Å². The number of rotatable bonds is 16. The van der Waals surface area contributed by atoms with Crippen LogP contribution in [0, 0.1) is 20.8 Å². The maximum atomic E-state index is 13.7. The first-order valence-corrected chi connectivity index (χ1v) is 18.9. The first-order valence-electron chi connectivity index (χ1n) is 18.9. The Balaban J connectivity index is 1.33. The largest absolute Gasteiger partial charge is 0.491 e. The van der Waals surface area contributed by atoms with Crippen molar-refractivity contribution in [3.63, 3.8) is 0 Å². The number of ether oxygens (including phenoxy) is 1. The zero-order valence-corrected chi connectivity index (χ0v) is 32.6. The van der Waals surface area contributed by atoms with Gasteiger partial charge in [0.1, 0.15) is 28.6 Å². The van der Waals surface area contributed by atoms with E-state index < -0.39 is 11.8 Å². The van der Waals surface area contributed by atoms with Gasteiger partial charge in [-0.1, -0.05) is 12.2 Å². The van der Waals surface area contributed by atoms with Crippen molar-refractivity contribution in [2.75, 3.05) is 13.2 Å². The van der Waals surface area contributed by atoms with Gasteiger partial charge >= 0.3 is 0 Å². The number of imidazole rings is 1. The highest BCUT2D eigenvalue weighted by Gasteiger charge is 2.23. The zero-order valence-electron chi connectivity index (χ0n) is 32.6. The number of nitrogens with zero attached hydrogens (tertiary/aromatic N) is 9. The lowest BCUT2D eigenvalue weighted by Gasteiger charge is -2.12. The summed E-state index contributed by atoms with van der Waals surface area (Å²) in [6, 6.07) is 10.4. The first-order chi connectivity index (χ1) is 27.4. The van der Waals surface area contributed by atoms with Crippen molar-refractivity contribution in [2.45, 2.75) is 73.6 Å². The van der Waals surface area contributed by atoms with E-state index in [2.05, 4.69) is 10.2 Å². The minimum Gasteiger partial charge on any atom is -0.491 e. The average Bonchev–Trinajstić information content (AvgIpc) is 3.94. The molecule has 7 aromatic rings. The van der Waals surface area contributed by atoms with Crippen LogP contribution in [0.3, 0.4) is 0 Å². The van der Waals surface area contributed by atoms with Crippen LogP contribution in [-0.4, -0.2) is 79.6 Å². The first kappa shape index (κ1) is 38.6. The number of carbonyl (C=O) groups excluding carboxylic acids is 3. The highest BCUT2D eigenvalue weighted by molar-refractivity contribution is 6.11. The number of aryl methyl sites for hydroxylation is 5. The maximum Gasteiger partial charge on any atom is 0.248 e. The second-order valence-corrected chi connectivity index (χ2v) is 13.9. The van der Waals surface area contributed by atoms with Crippen LogP contribution < -0.4 is 16.2 Å². The number of aromatic nitrogens is 9. The Bertz CT molecular complexity index is 2730. The molecule has 0 saturated carbocycles. The number of aliphatic hydroxyl groups excluding tert-OH is 1. The Hall–Kier alpha value is -6.68. The fourth-order valence-electron chi connectivity index (χ4n) is 7.34. The van der Waals surface area contributed by atoms with Gasteiger partial charge in [-0.15, -0.1) is 0 Å². The molecule has 0 fully saturated rings. The Labute approximate surface area is 327 Å². The second-order valence-electron chi connectivity index (χ2n) is 13.9. The van der Waals surface area contributed by atoms with E-state index >= 15 is 0 Å². The lowest BCUT2D eigenvalue weighted by atomic mass is 10.1. The summed E-state index contributed by atoms with van der Waals surface area (Å²) in [5.74, 6) is 0.126. The van der Waals surface area contributed by atoms with Crippen LogP contribution in [0.1, 0.15) is 74.2 Å². The number of carbonyl (C=O) groups is 3. The van der Waals surface area contributed by atoms with Crippen LogP contribution in [-0.2, 0) is 32.6 Å². The highest BCUT2D eigenvalue weighted by atomic mass is 16.5. The van der Waals surface area contributed by atoms with Gasteiger partial charge < -0.3 is 30.4 Å². The van der Waals surface area contributed by atoms with Crippen LogP contribution in [0.5, 0.6) is 5.75 Å². The molecule has 0 radical (unpaired) electrons. The quantitative estimate of drug-likeness (QED) is 0.0705. The molecule has 2 amide bonds. The summed E-state index contributed by atoms with van der Waals surface area (Å²) in [4.78, 5) is 53.0. The maximum absolute atomic E-state index is 13.7. The van der Waals surface area contributed by atoms with Crippen LogP contribution >= 0.6 is 0 Å². The smallest absolute Gasteiger partial charge is 0.248 e. The van der Waals surface area contributed by atoms with E-state index in [1.807, 2.05) is 66.7 Å². The van der Waals surface area contributed by atoms with Crippen molar-refractivity contribution < 1.29 is 24.2 Å². The van der Waals surface area contributed by atoms with Crippen molar-refractivity contribution in [3.05, 3.63) is 94.3 Å². The minimum absolute atomic E-state index is 0.0100. The standard InChI is InChI=1S/C41H45N11O5/c1-6-51-31(16-24(4)47-51)33(54)21-35-45-30-19-26(38(42)55)15-23(3)36(30)49(35)11-8-9-12-50-37-28(18-27(39(43)56)20-34(37)57-14-10-13-53)29-22-44-40(46-41(29)50)32-17-25(5)48-52(32)7-2/h8-9,15-20,22,53H,6-7,10-14,21H2,1-5H3,(H2,42,55)(H2,43,56)/b9-8+. The molecule has 2 aromatic carbocycles. The Morgan fingerprint density at radius 2 is 1.49 bits per heavy atom. The van der Waals surface area contributed by atoms with E-state index in [4.69, 9.17) is 31.2 Å². The van der Waals surface area contributed by atoms with Gasteiger partial charge in [-0.3, -0.25) is 23.7 Å². The Kier molecular flexibility index (Phi) is 10.7. The normalized spacial score (nSPS) is 11.8. The SMILES string of the molecule is CCn1nc(C)cc1C(=O)Cc1nc2cc(C(N)=O)cc(C)c2n1C/C=C/Cn1c2nc(-c3cc(C)nn3CC)ncc2c2cc(C(N)=O)cc(OCCCO)c21. The third kappa shape index (κ3) is 7.38. The van der Waals surface area contributed by atoms with E-state index in [-0.39, 0.29) is 31.0 Å². The molecule has 294 valence electrons. The number of hydrogen-bond donors (Lipinski definition) is 3. The Morgan fingerprint density at radius 3 is 2.19 bits per heavy atom. The van der Waals surface area contributed by atoms with Crippen LogP contribution in [0.25, 0.3) is 44.5 Å². The van der Waals surface area contributed by atoms with Crippen molar-refractivity contribution in [3.8, 4) is 17.3 Å². The molecular weight excluding hydrogens is 727 g/mol. The molecule has 57 heavy (non-hydrogen) atoms. The molecule has 16 nitrogen and oxygen atoms in total. The van der Waals surface area contributed by atoms with E-state index in [0.29, 0.717) is 88.7 Å². The summed E-state index contributed by atoms with van der Waals surface area (Å²) in [6.45, 7) is 11.6. The number of allylic oxidation sites excluding steroid dienone is 2. The topological polar surface area (TPSA) is 217 Å². The van der Waals surface area contributed by atoms with Crippen molar-refractivity contribution in [2.24, 2.45) is 11.5 Å². The number of aliphatic hydroxyl groups is 1. The molecule has 7 rings (SSSR count). The summed E-state index contributed by atoms with van der Waals surface area (Å²) >= 11 is 0. The van der Waals surface area contributed by atoms with Gasteiger partial charge in [0, 0.05) is 67.3 Å². The summed E-state index contributed by atoms with van der Waals surface area (Å²) < 4.78 is 13.7. The lowest BCUT2D eigenvalue weighted by Crippen LogP contribution is -2.15. The van der Waals surface area contributed by atoms with Crippen LogP contribution in [0.4, 0.5) is 0 Å². The predicted molar refractivity (Wildman–Crippen MR) is 215 cm³/mol. The molecule has 16 heteroatoms. The number of benzene rings is 2. The van der Waals surface area contributed by atoms with Gasteiger partial charge in [-0.2, -0.15) is 10.2 Å². The molecule has 0 bridgehead atoms. The summed E-state index contributed by atoms with van der Waals surface area (Å²) in [6.07, 6.45) is 6.10. The van der Waals surface area contributed by atoms with Crippen molar-refractivity contribution in [1.29, 1.82) is 0 Å². The molecule has 5 aromatic heterocycles. The van der Waals surface area contributed by atoms with E-state index in [1.54, 1.807) is 41.2 Å². The number of primary amides is 2. The number of Topliss-reactive ketones (excluding diaryl/α,β-unsaturated/α-hetero) is 1. The molecule has 5 N–H and O–H groups in total. The Morgan fingerprint density at radius 1 is 0.807 bits per heavy atom. The van der Waals surface area contributed by atoms with Crippen LogP contribution in [0.2, 0.25) is 0 Å². The van der Waals surface area contributed by atoms with Gasteiger partial charge in [0.25, 0.3) is 0 Å². The summed E-state index contributed by atoms with van der Waals surface area (Å²) in [5.41, 5.74) is 18.3. The number of ketones is 1. The number of hydrogen-bond acceptors (Lipinski definition) is 10. The van der Waals surface area contributed by atoms with Gasteiger partial charge in [-0.25, -0.2) is 15.0 Å². The van der Waals surface area contributed by atoms with Crippen LogP contribution in [0.15, 0.2) is 54.7 Å². The lowest BCUT2D eigenvalue weighted by molar-refractivity contribution is 0.0975. The van der Waals surface area contributed by atoms with Gasteiger partial charge in [0.2, 0.25) is 11.8 Å². The second kappa shape index (κ2) is 15.8. The molecule has 5 heterocycles. The molecule has 0 unspecified atom stereocenters.